The van der Waals surface area contributed by atoms with Gasteiger partial charge in [-0.3, -0.25) is 0 Å². The van der Waals surface area contributed by atoms with Crippen molar-refractivity contribution in [3.8, 4) is 0 Å². The number of halogens is 2. The van der Waals surface area contributed by atoms with Crippen LogP contribution in [-0.4, -0.2) is 0 Å². The quantitative estimate of drug-likeness (QED) is 0.434. The minimum absolute atomic E-state index is 0.354. The molecule has 0 spiro atoms. The molecule has 0 aliphatic carbocycles. The summed E-state index contributed by atoms with van der Waals surface area (Å²) in [6, 6.07) is 18.2. The summed E-state index contributed by atoms with van der Waals surface area (Å²) in [6.45, 7) is 0. The maximum absolute atomic E-state index is 12.3. The molecule has 0 atom stereocenters. The van der Waals surface area contributed by atoms with Crippen molar-refractivity contribution < 1.29 is 4.39 Å². The van der Waals surface area contributed by atoms with E-state index < -0.39 is 0 Å². The van der Waals surface area contributed by atoms with E-state index in [1.807, 2.05) is 30.3 Å². The smallest absolute Gasteiger partial charge is 0.125 e. The lowest BCUT2D eigenvalue weighted by atomic mass is 10.1. The molecule has 4 heteroatoms. The molecule has 0 bridgehead atoms. The molecule has 102 valence electrons. The summed E-state index contributed by atoms with van der Waals surface area (Å²) in [7, 11) is 0. The Morgan fingerprint density at radius 1 is 0.950 bits per heavy atom. The van der Waals surface area contributed by atoms with Crippen LogP contribution in [0.25, 0.3) is 10.8 Å². The predicted molar refractivity (Wildman–Crippen MR) is 87.0 cm³/mol. The third kappa shape index (κ3) is 3.89. The van der Waals surface area contributed by atoms with E-state index in [1.54, 1.807) is 6.07 Å². The molecule has 3 aromatic rings. The predicted octanol–water partition coefficient (Wildman–Crippen LogP) is 5.19. The van der Waals surface area contributed by atoms with Crippen LogP contribution in [0.4, 0.5) is 10.1 Å². The zero-order valence-electron chi connectivity index (χ0n) is 10.6. The highest BCUT2D eigenvalue weighted by molar-refractivity contribution is 7.80. The second-order valence-corrected chi connectivity index (χ2v) is 5.15. The molecule has 0 heterocycles. The molecule has 0 radical (unpaired) electrons. The highest BCUT2D eigenvalue weighted by Gasteiger charge is 1.93. The Morgan fingerprint density at radius 2 is 1.65 bits per heavy atom. The van der Waals surface area contributed by atoms with E-state index in [4.69, 9.17) is 17.3 Å². The van der Waals surface area contributed by atoms with Crippen molar-refractivity contribution in [2.45, 2.75) is 4.90 Å². The number of fused-ring (bicyclic) bond motifs is 1. The van der Waals surface area contributed by atoms with E-state index in [-0.39, 0.29) is 5.82 Å². The molecule has 0 fully saturated rings. The number of thiol groups is 1. The van der Waals surface area contributed by atoms with Gasteiger partial charge in [0, 0.05) is 21.0 Å². The van der Waals surface area contributed by atoms with E-state index in [1.165, 1.54) is 17.5 Å². The van der Waals surface area contributed by atoms with Crippen molar-refractivity contribution in [2.75, 3.05) is 5.73 Å². The van der Waals surface area contributed by atoms with E-state index in [9.17, 15) is 4.39 Å². The SMILES string of the molecule is Fc1cc(S)cc(Cl)c1.Nc1cccc2ccccc12. The summed E-state index contributed by atoms with van der Waals surface area (Å²) in [4.78, 5) is 0.542. The molecular formula is C16H13ClFNS. The first-order valence-electron chi connectivity index (χ1n) is 5.94. The normalized spacial score (nSPS) is 9.95. The van der Waals surface area contributed by atoms with Gasteiger partial charge in [0.2, 0.25) is 0 Å². The van der Waals surface area contributed by atoms with Crippen molar-refractivity contribution in [3.05, 3.63) is 71.5 Å². The van der Waals surface area contributed by atoms with Crippen LogP contribution in [0.2, 0.25) is 5.02 Å². The number of rotatable bonds is 0. The molecule has 0 saturated carbocycles. The first-order valence-corrected chi connectivity index (χ1v) is 6.77. The van der Waals surface area contributed by atoms with Gasteiger partial charge in [-0.2, -0.15) is 0 Å². The fourth-order valence-corrected chi connectivity index (χ4v) is 2.35. The Kier molecular flexibility index (Phi) is 4.88. The number of anilines is 1. The molecule has 0 aliphatic heterocycles. The maximum atomic E-state index is 12.3. The summed E-state index contributed by atoms with van der Waals surface area (Å²) in [5.41, 5.74) is 6.61. The lowest BCUT2D eigenvalue weighted by molar-refractivity contribution is 0.624. The topological polar surface area (TPSA) is 26.0 Å². The minimum Gasteiger partial charge on any atom is -0.398 e. The van der Waals surface area contributed by atoms with Gasteiger partial charge in [-0.25, -0.2) is 4.39 Å². The Bertz CT molecular complexity index is 675. The van der Waals surface area contributed by atoms with E-state index in [0.717, 1.165) is 11.1 Å². The molecule has 3 aromatic carbocycles. The van der Waals surface area contributed by atoms with Crippen LogP contribution in [-0.2, 0) is 0 Å². The summed E-state index contributed by atoms with van der Waals surface area (Å²) in [6.07, 6.45) is 0. The molecule has 1 nitrogen and oxygen atoms in total. The summed E-state index contributed by atoms with van der Waals surface area (Å²) in [5.74, 6) is -0.354. The van der Waals surface area contributed by atoms with Crippen LogP contribution < -0.4 is 5.73 Å². The Hall–Kier alpha value is -1.71. The van der Waals surface area contributed by atoms with Crippen LogP contribution in [0.15, 0.2) is 65.6 Å². The minimum atomic E-state index is -0.354. The standard InChI is InChI=1S/C10H9N.C6H4ClFS/c11-10-7-3-5-8-4-1-2-6-9(8)10;7-4-1-5(8)3-6(9)2-4/h1-7H,11H2;1-3,9H. The fraction of sp³-hybridized carbons (Fsp3) is 0. The Balaban J connectivity index is 0.000000151. The van der Waals surface area contributed by atoms with Gasteiger partial charge >= 0.3 is 0 Å². The van der Waals surface area contributed by atoms with Crippen molar-refractivity contribution in [2.24, 2.45) is 0 Å². The molecule has 20 heavy (non-hydrogen) atoms. The third-order valence-electron chi connectivity index (χ3n) is 2.67. The van der Waals surface area contributed by atoms with Gasteiger partial charge in [-0.05, 0) is 29.7 Å². The average Bonchev–Trinajstić information content (AvgIpc) is 2.38. The van der Waals surface area contributed by atoms with Crippen LogP contribution in [0.3, 0.4) is 0 Å². The summed E-state index contributed by atoms with van der Waals surface area (Å²) in [5, 5.41) is 2.71. The third-order valence-corrected chi connectivity index (χ3v) is 3.15. The van der Waals surface area contributed by atoms with E-state index >= 15 is 0 Å². The Morgan fingerprint density at radius 3 is 2.30 bits per heavy atom. The largest absolute Gasteiger partial charge is 0.398 e. The highest BCUT2D eigenvalue weighted by atomic mass is 35.5. The average molecular weight is 306 g/mol. The number of nitrogen functional groups attached to an aromatic ring is 1. The van der Waals surface area contributed by atoms with Gasteiger partial charge in [-0.15, -0.1) is 12.6 Å². The van der Waals surface area contributed by atoms with Crippen molar-refractivity contribution >= 4 is 40.7 Å². The monoisotopic (exact) mass is 305 g/mol. The zero-order chi connectivity index (χ0) is 14.5. The second kappa shape index (κ2) is 6.64. The molecule has 2 N–H and O–H groups in total. The maximum Gasteiger partial charge on any atom is 0.125 e. The van der Waals surface area contributed by atoms with Crippen molar-refractivity contribution in [1.82, 2.24) is 0 Å². The fourth-order valence-electron chi connectivity index (χ4n) is 1.79. The summed E-state index contributed by atoms with van der Waals surface area (Å²) >= 11 is 9.36. The van der Waals surface area contributed by atoms with Gasteiger partial charge in [0.1, 0.15) is 5.82 Å². The van der Waals surface area contributed by atoms with Crippen molar-refractivity contribution in [1.29, 1.82) is 0 Å². The number of benzene rings is 3. The highest BCUT2D eigenvalue weighted by Crippen LogP contribution is 2.19. The van der Waals surface area contributed by atoms with Crippen LogP contribution in [0, 0.1) is 5.82 Å². The molecular weight excluding hydrogens is 293 g/mol. The number of hydrogen-bond donors (Lipinski definition) is 2. The van der Waals surface area contributed by atoms with E-state index in [0.29, 0.717) is 9.92 Å². The molecule has 0 aliphatic rings. The van der Waals surface area contributed by atoms with Gasteiger partial charge in [-0.1, -0.05) is 48.0 Å². The van der Waals surface area contributed by atoms with Gasteiger partial charge < -0.3 is 5.73 Å². The molecule has 3 rings (SSSR count). The van der Waals surface area contributed by atoms with Crippen LogP contribution in [0.1, 0.15) is 0 Å². The van der Waals surface area contributed by atoms with E-state index in [2.05, 4.69) is 24.8 Å². The lowest BCUT2D eigenvalue weighted by Crippen LogP contribution is -1.84. The van der Waals surface area contributed by atoms with Crippen molar-refractivity contribution in [3.63, 3.8) is 0 Å². The zero-order valence-corrected chi connectivity index (χ0v) is 12.2. The Labute approximate surface area is 127 Å². The lowest BCUT2D eigenvalue weighted by Gasteiger charge is -1.98. The van der Waals surface area contributed by atoms with Crippen LogP contribution in [0.5, 0.6) is 0 Å². The molecule has 0 unspecified atom stereocenters. The van der Waals surface area contributed by atoms with Gasteiger partial charge in [0.15, 0.2) is 0 Å². The second-order valence-electron chi connectivity index (χ2n) is 4.20. The number of hydrogen-bond acceptors (Lipinski definition) is 2. The van der Waals surface area contributed by atoms with Gasteiger partial charge in [0.05, 0.1) is 0 Å². The first kappa shape index (κ1) is 14.7. The number of nitrogens with two attached hydrogens (primary N) is 1. The summed E-state index contributed by atoms with van der Waals surface area (Å²) < 4.78 is 12.3. The van der Waals surface area contributed by atoms with Gasteiger partial charge in [0.25, 0.3) is 0 Å². The van der Waals surface area contributed by atoms with Crippen LogP contribution >= 0.6 is 24.2 Å². The first-order chi connectivity index (χ1) is 9.56. The molecule has 0 aromatic heterocycles. The molecule has 0 saturated heterocycles. The molecule has 0 amide bonds.